The van der Waals surface area contributed by atoms with Crippen molar-refractivity contribution in [2.24, 2.45) is 5.92 Å². The fourth-order valence-electron chi connectivity index (χ4n) is 1.80. The molecule has 1 rings (SSSR count). The highest BCUT2D eigenvalue weighted by Crippen LogP contribution is 2.11. The summed E-state index contributed by atoms with van der Waals surface area (Å²) in [5, 5.41) is 1.11. The molecule has 2 nitrogen and oxygen atoms in total. The van der Waals surface area contributed by atoms with E-state index in [1.54, 1.807) is 0 Å². The lowest BCUT2D eigenvalue weighted by atomic mass is 10.1. The standard InChI is InChI=1S/C14H23BrN2/c1-3-17(11-8-13(2)7-9-15)12-14-6-4-5-10-16-14/h4-6,10,13H,3,7-9,11-12H2,1-2H3. The largest absolute Gasteiger partial charge is 0.298 e. The number of alkyl halides is 1. The van der Waals surface area contributed by atoms with Gasteiger partial charge in [-0.2, -0.15) is 0 Å². The molecular formula is C14H23BrN2. The van der Waals surface area contributed by atoms with Gasteiger partial charge in [-0.3, -0.25) is 9.88 Å². The van der Waals surface area contributed by atoms with E-state index in [0.717, 1.165) is 24.3 Å². The fourth-order valence-corrected chi connectivity index (χ4v) is 2.58. The fraction of sp³-hybridized carbons (Fsp3) is 0.643. The van der Waals surface area contributed by atoms with E-state index in [9.17, 15) is 0 Å². The van der Waals surface area contributed by atoms with E-state index in [2.05, 4.69) is 51.8 Å². The number of pyridine rings is 1. The highest BCUT2D eigenvalue weighted by molar-refractivity contribution is 9.09. The maximum absolute atomic E-state index is 4.38. The van der Waals surface area contributed by atoms with E-state index >= 15 is 0 Å². The zero-order valence-corrected chi connectivity index (χ0v) is 12.5. The second kappa shape index (κ2) is 8.65. The molecule has 1 aromatic rings. The first kappa shape index (κ1) is 14.7. The lowest BCUT2D eigenvalue weighted by Gasteiger charge is -2.21. The Labute approximate surface area is 114 Å². The summed E-state index contributed by atoms with van der Waals surface area (Å²) in [4.78, 5) is 6.85. The molecule has 1 atom stereocenters. The maximum Gasteiger partial charge on any atom is 0.0543 e. The maximum atomic E-state index is 4.38. The highest BCUT2D eigenvalue weighted by Gasteiger charge is 2.07. The predicted octanol–water partition coefficient (Wildman–Crippen LogP) is 3.71. The SMILES string of the molecule is CCN(CCC(C)CCBr)Cc1ccccn1. The summed E-state index contributed by atoms with van der Waals surface area (Å²) in [6, 6.07) is 6.13. The van der Waals surface area contributed by atoms with Crippen molar-refractivity contribution in [2.45, 2.75) is 33.2 Å². The highest BCUT2D eigenvalue weighted by atomic mass is 79.9. The van der Waals surface area contributed by atoms with Crippen LogP contribution in [0.1, 0.15) is 32.4 Å². The van der Waals surface area contributed by atoms with Gasteiger partial charge in [0.05, 0.1) is 5.69 Å². The van der Waals surface area contributed by atoms with Crippen molar-refractivity contribution in [2.75, 3.05) is 18.4 Å². The van der Waals surface area contributed by atoms with Gasteiger partial charge >= 0.3 is 0 Å². The Morgan fingerprint density at radius 2 is 2.18 bits per heavy atom. The number of halogens is 1. The van der Waals surface area contributed by atoms with Crippen molar-refractivity contribution in [1.82, 2.24) is 9.88 Å². The second-order valence-electron chi connectivity index (χ2n) is 4.56. The van der Waals surface area contributed by atoms with Crippen molar-refractivity contribution in [3.8, 4) is 0 Å². The second-order valence-corrected chi connectivity index (χ2v) is 5.35. The molecule has 0 N–H and O–H groups in total. The first-order chi connectivity index (χ1) is 8.26. The molecule has 0 amide bonds. The summed E-state index contributed by atoms with van der Waals surface area (Å²) < 4.78 is 0. The molecule has 0 saturated heterocycles. The first-order valence-electron chi connectivity index (χ1n) is 6.44. The van der Waals surface area contributed by atoms with Crippen LogP contribution in [0.5, 0.6) is 0 Å². The summed E-state index contributed by atoms with van der Waals surface area (Å²) in [5.41, 5.74) is 1.17. The van der Waals surface area contributed by atoms with Gasteiger partial charge in [-0.1, -0.05) is 35.8 Å². The lowest BCUT2D eigenvalue weighted by molar-refractivity contribution is 0.255. The van der Waals surface area contributed by atoms with E-state index in [4.69, 9.17) is 0 Å². The van der Waals surface area contributed by atoms with Crippen LogP contribution in [0.15, 0.2) is 24.4 Å². The number of rotatable bonds is 8. The minimum Gasteiger partial charge on any atom is -0.298 e. The Morgan fingerprint density at radius 1 is 1.35 bits per heavy atom. The zero-order valence-electron chi connectivity index (χ0n) is 10.9. The van der Waals surface area contributed by atoms with Crippen LogP contribution in [0.4, 0.5) is 0 Å². The molecule has 0 aliphatic heterocycles. The number of aromatic nitrogens is 1. The van der Waals surface area contributed by atoms with Crippen LogP contribution in [0, 0.1) is 5.92 Å². The Balaban J connectivity index is 2.34. The summed E-state index contributed by atoms with van der Waals surface area (Å²) in [7, 11) is 0. The number of hydrogen-bond acceptors (Lipinski definition) is 2. The van der Waals surface area contributed by atoms with Crippen molar-refractivity contribution in [3.63, 3.8) is 0 Å². The monoisotopic (exact) mass is 298 g/mol. The molecule has 0 aliphatic carbocycles. The third kappa shape index (κ3) is 6.18. The van der Waals surface area contributed by atoms with E-state index < -0.39 is 0 Å². The molecule has 17 heavy (non-hydrogen) atoms. The Bertz CT molecular complexity index is 290. The van der Waals surface area contributed by atoms with Crippen LogP contribution >= 0.6 is 15.9 Å². The van der Waals surface area contributed by atoms with Crippen LogP contribution in [-0.2, 0) is 6.54 Å². The van der Waals surface area contributed by atoms with Gasteiger partial charge in [0.25, 0.3) is 0 Å². The van der Waals surface area contributed by atoms with Gasteiger partial charge in [0.1, 0.15) is 0 Å². The molecule has 0 bridgehead atoms. The molecule has 1 heterocycles. The minimum absolute atomic E-state index is 0.798. The quantitative estimate of drug-likeness (QED) is 0.680. The molecule has 3 heteroatoms. The van der Waals surface area contributed by atoms with Crippen LogP contribution in [0.2, 0.25) is 0 Å². The molecule has 0 fully saturated rings. The third-order valence-corrected chi connectivity index (χ3v) is 3.56. The topological polar surface area (TPSA) is 16.1 Å². The van der Waals surface area contributed by atoms with E-state index in [1.165, 1.54) is 25.1 Å². The van der Waals surface area contributed by atoms with Crippen LogP contribution in [-0.4, -0.2) is 28.3 Å². The molecular weight excluding hydrogens is 276 g/mol. The molecule has 0 saturated carbocycles. The van der Waals surface area contributed by atoms with Gasteiger partial charge in [0.2, 0.25) is 0 Å². The molecule has 1 unspecified atom stereocenters. The van der Waals surface area contributed by atoms with Gasteiger partial charge in [0.15, 0.2) is 0 Å². The number of hydrogen-bond donors (Lipinski definition) is 0. The van der Waals surface area contributed by atoms with Crippen molar-refractivity contribution in [1.29, 1.82) is 0 Å². The number of nitrogens with zero attached hydrogens (tertiary/aromatic N) is 2. The molecule has 1 aromatic heterocycles. The third-order valence-electron chi connectivity index (χ3n) is 3.10. The van der Waals surface area contributed by atoms with Crippen LogP contribution in [0.3, 0.4) is 0 Å². The molecule has 0 aliphatic rings. The summed E-state index contributed by atoms with van der Waals surface area (Å²) >= 11 is 3.50. The van der Waals surface area contributed by atoms with E-state index in [0.29, 0.717) is 0 Å². The van der Waals surface area contributed by atoms with Crippen molar-refractivity contribution < 1.29 is 0 Å². The zero-order chi connectivity index (χ0) is 12.5. The molecule has 0 aromatic carbocycles. The predicted molar refractivity (Wildman–Crippen MR) is 77.4 cm³/mol. The average molecular weight is 299 g/mol. The van der Waals surface area contributed by atoms with E-state index in [1.807, 2.05) is 12.3 Å². The Kier molecular flexibility index (Phi) is 7.45. The van der Waals surface area contributed by atoms with Gasteiger partial charge in [0, 0.05) is 18.1 Å². The Morgan fingerprint density at radius 3 is 2.76 bits per heavy atom. The van der Waals surface area contributed by atoms with Crippen LogP contribution < -0.4 is 0 Å². The Hall–Kier alpha value is -0.410. The van der Waals surface area contributed by atoms with Gasteiger partial charge < -0.3 is 0 Å². The minimum atomic E-state index is 0.798. The van der Waals surface area contributed by atoms with Gasteiger partial charge in [-0.05, 0) is 44.0 Å². The smallest absolute Gasteiger partial charge is 0.0543 e. The van der Waals surface area contributed by atoms with Gasteiger partial charge in [-0.25, -0.2) is 0 Å². The summed E-state index contributed by atoms with van der Waals surface area (Å²) in [5.74, 6) is 0.798. The van der Waals surface area contributed by atoms with Crippen LogP contribution in [0.25, 0.3) is 0 Å². The van der Waals surface area contributed by atoms with Gasteiger partial charge in [-0.15, -0.1) is 0 Å². The molecule has 96 valence electrons. The lowest BCUT2D eigenvalue weighted by Crippen LogP contribution is -2.25. The van der Waals surface area contributed by atoms with Crippen molar-refractivity contribution in [3.05, 3.63) is 30.1 Å². The molecule has 0 radical (unpaired) electrons. The van der Waals surface area contributed by atoms with E-state index in [-0.39, 0.29) is 0 Å². The molecule has 0 spiro atoms. The first-order valence-corrected chi connectivity index (χ1v) is 7.56. The summed E-state index contributed by atoms with van der Waals surface area (Å²) in [6.07, 6.45) is 4.41. The normalized spacial score (nSPS) is 12.9. The summed E-state index contributed by atoms with van der Waals surface area (Å²) in [6.45, 7) is 7.78. The van der Waals surface area contributed by atoms with Crippen molar-refractivity contribution >= 4 is 15.9 Å². The average Bonchev–Trinajstić information content (AvgIpc) is 2.36.